The second kappa shape index (κ2) is 8.83. The lowest BCUT2D eigenvalue weighted by atomic mass is 10.2. The number of amides is 1. The fourth-order valence-electron chi connectivity index (χ4n) is 2.39. The summed E-state index contributed by atoms with van der Waals surface area (Å²) in [5.41, 5.74) is 0.564. The Morgan fingerprint density at radius 1 is 1.22 bits per heavy atom. The number of rotatable bonds is 8. The average molecular weight is 412 g/mol. The van der Waals surface area contributed by atoms with E-state index in [2.05, 4.69) is 5.32 Å². The Hall–Kier alpha value is -2.65. The summed E-state index contributed by atoms with van der Waals surface area (Å²) >= 11 is 5.78. The zero-order valence-electron chi connectivity index (χ0n) is 14.5. The minimum atomic E-state index is -3.66. The van der Waals surface area contributed by atoms with Crippen molar-refractivity contribution >= 4 is 44.6 Å². The molecule has 0 aliphatic carbocycles. The van der Waals surface area contributed by atoms with Crippen molar-refractivity contribution in [2.24, 2.45) is 0 Å². The third-order valence-electron chi connectivity index (χ3n) is 3.62. The highest BCUT2D eigenvalue weighted by atomic mass is 35.5. The lowest BCUT2D eigenvalue weighted by Crippen LogP contribution is -2.31. The van der Waals surface area contributed by atoms with Crippen molar-refractivity contribution in [2.75, 3.05) is 22.4 Å². The first-order valence-electron chi connectivity index (χ1n) is 7.94. The van der Waals surface area contributed by atoms with Gasteiger partial charge in [0.2, 0.25) is 15.9 Å². The van der Waals surface area contributed by atoms with Gasteiger partial charge in [0, 0.05) is 35.8 Å². The summed E-state index contributed by atoms with van der Waals surface area (Å²) in [6.07, 6.45) is 1.35. The topological polar surface area (TPSA) is 110 Å². The molecule has 0 aliphatic rings. The van der Waals surface area contributed by atoms with Crippen molar-refractivity contribution in [1.29, 1.82) is 0 Å². The van der Waals surface area contributed by atoms with Gasteiger partial charge < -0.3 is 5.32 Å². The molecular weight excluding hydrogens is 394 g/mol. The lowest BCUT2D eigenvalue weighted by molar-refractivity contribution is -0.384. The predicted octanol–water partition coefficient (Wildman–Crippen LogP) is 3.43. The molecule has 1 amide bonds. The molecule has 0 saturated carbocycles. The molecule has 10 heteroatoms. The smallest absolute Gasteiger partial charge is 0.271 e. The van der Waals surface area contributed by atoms with Crippen LogP contribution in [-0.2, 0) is 14.8 Å². The Morgan fingerprint density at radius 3 is 2.48 bits per heavy atom. The van der Waals surface area contributed by atoms with Crippen LogP contribution in [0.25, 0.3) is 0 Å². The lowest BCUT2D eigenvalue weighted by Gasteiger charge is -2.22. The summed E-state index contributed by atoms with van der Waals surface area (Å²) in [5.74, 6) is -0.273. The molecule has 144 valence electrons. The van der Waals surface area contributed by atoms with Gasteiger partial charge in [-0.2, -0.15) is 0 Å². The summed E-state index contributed by atoms with van der Waals surface area (Å²) in [6.45, 7) is 0.0219. The molecule has 0 fully saturated rings. The molecule has 8 nitrogen and oxygen atoms in total. The minimum Gasteiger partial charge on any atom is -0.326 e. The number of nitro groups is 1. The van der Waals surface area contributed by atoms with Crippen LogP contribution >= 0.6 is 11.6 Å². The molecule has 2 rings (SSSR count). The molecule has 0 saturated heterocycles. The van der Waals surface area contributed by atoms with Crippen molar-refractivity contribution in [3.63, 3.8) is 0 Å². The van der Waals surface area contributed by atoms with Gasteiger partial charge in [0.15, 0.2) is 0 Å². The molecule has 0 radical (unpaired) electrons. The van der Waals surface area contributed by atoms with Crippen LogP contribution in [0.3, 0.4) is 0 Å². The third-order valence-corrected chi connectivity index (χ3v) is 5.07. The third kappa shape index (κ3) is 6.22. The minimum absolute atomic E-state index is 0.0219. The number of hydrogen-bond acceptors (Lipinski definition) is 5. The van der Waals surface area contributed by atoms with Gasteiger partial charge in [-0.05, 0) is 36.8 Å². The predicted molar refractivity (Wildman–Crippen MR) is 105 cm³/mol. The van der Waals surface area contributed by atoms with Crippen LogP contribution in [0.15, 0.2) is 48.5 Å². The van der Waals surface area contributed by atoms with E-state index in [9.17, 15) is 23.3 Å². The number of nitro benzene ring substituents is 1. The highest BCUT2D eigenvalue weighted by Gasteiger charge is 2.19. The Labute approximate surface area is 162 Å². The van der Waals surface area contributed by atoms with Gasteiger partial charge in [-0.25, -0.2) is 8.42 Å². The van der Waals surface area contributed by atoms with Gasteiger partial charge in [-0.1, -0.05) is 17.7 Å². The van der Waals surface area contributed by atoms with Gasteiger partial charge in [0.05, 0.1) is 16.9 Å². The fourth-order valence-corrected chi connectivity index (χ4v) is 3.47. The van der Waals surface area contributed by atoms with Crippen LogP contribution in [0.1, 0.15) is 12.8 Å². The molecule has 0 bridgehead atoms. The second-order valence-corrected chi connectivity index (χ2v) is 8.11. The SMILES string of the molecule is CS(=O)(=O)N(CCCC(=O)Nc1ccc(Cl)cc1)c1cccc([N+](=O)[O-])c1. The van der Waals surface area contributed by atoms with Crippen molar-refractivity contribution in [3.8, 4) is 0 Å². The summed E-state index contributed by atoms with van der Waals surface area (Å²) in [5, 5.41) is 14.1. The molecule has 0 aliphatic heterocycles. The molecule has 0 atom stereocenters. The summed E-state index contributed by atoms with van der Waals surface area (Å²) < 4.78 is 25.2. The molecule has 2 aromatic rings. The van der Waals surface area contributed by atoms with Crippen LogP contribution in [-0.4, -0.2) is 32.0 Å². The maximum absolute atomic E-state index is 12.1. The van der Waals surface area contributed by atoms with E-state index in [1.807, 2.05) is 0 Å². The maximum atomic E-state index is 12.1. The number of hydrogen-bond donors (Lipinski definition) is 1. The van der Waals surface area contributed by atoms with Gasteiger partial charge in [-0.15, -0.1) is 0 Å². The first-order valence-corrected chi connectivity index (χ1v) is 10.2. The standard InChI is InChI=1S/C17H18ClN3O5S/c1-27(25,26)20(15-4-2-5-16(12-15)21(23)24)11-3-6-17(22)19-14-9-7-13(18)8-10-14/h2,4-5,7-10,12H,3,6,11H2,1H3,(H,19,22). The summed E-state index contributed by atoms with van der Waals surface area (Å²) in [4.78, 5) is 22.3. The van der Waals surface area contributed by atoms with Crippen molar-refractivity contribution in [2.45, 2.75) is 12.8 Å². The number of nitrogens with zero attached hydrogens (tertiary/aromatic N) is 2. The van der Waals surface area contributed by atoms with Crippen LogP contribution in [0.2, 0.25) is 5.02 Å². The number of nitrogens with one attached hydrogen (secondary N) is 1. The van der Waals surface area contributed by atoms with Gasteiger partial charge in [-0.3, -0.25) is 19.2 Å². The van der Waals surface area contributed by atoms with E-state index in [0.29, 0.717) is 10.7 Å². The van der Waals surface area contributed by atoms with Gasteiger partial charge in [0.25, 0.3) is 5.69 Å². The van der Waals surface area contributed by atoms with Crippen LogP contribution < -0.4 is 9.62 Å². The number of non-ortho nitro benzene ring substituents is 1. The molecule has 0 aromatic heterocycles. The monoisotopic (exact) mass is 411 g/mol. The summed E-state index contributed by atoms with van der Waals surface area (Å²) in [7, 11) is -3.66. The van der Waals surface area contributed by atoms with E-state index < -0.39 is 14.9 Å². The average Bonchev–Trinajstić information content (AvgIpc) is 2.59. The Morgan fingerprint density at radius 2 is 1.89 bits per heavy atom. The quantitative estimate of drug-likeness (QED) is 0.528. The number of anilines is 2. The summed E-state index contributed by atoms with van der Waals surface area (Å²) in [6, 6.07) is 12.0. The second-order valence-electron chi connectivity index (χ2n) is 5.77. The zero-order chi connectivity index (χ0) is 20.0. The van der Waals surface area contributed by atoms with Gasteiger partial charge in [0.1, 0.15) is 0 Å². The van der Waals surface area contributed by atoms with E-state index >= 15 is 0 Å². The van der Waals surface area contributed by atoms with Crippen molar-refractivity contribution in [3.05, 3.63) is 63.7 Å². The first-order chi connectivity index (χ1) is 12.7. The van der Waals surface area contributed by atoms with Crippen molar-refractivity contribution < 1.29 is 18.1 Å². The zero-order valence-corrected chi connectivity index (χ0v) is 16.0. The van der Waals surface area contributed by atoms with E-state index in [0.717, 1.165) is 10.6 Å². The highest BCUT2D eigenvalue weighted by molar-refractivity contribution is 7.92. The largest absolute Gasteiger partial charge is 0.326 e. The highest BCUT2D eigenvalue weighted by Crippen LogP contribution is 2.23. The van der Waals surface area contributed by atoms with Crippen LogP contribution in [0, 0.1) is 10.1 Å². The Bertz CT molecular complexity index is 932. The molecule has 0 heterocycles. The van der Waals surface area contributed by atoms with E-state index in [1.54, 1.807) is 24.3 Å². The number of carbonyl (C=O) groups excluding carboxylic acids is 1. The maximum Gasteiger partial charge on any atom is 0.271 e. The number of halogens is 1. The molecule has 1 N–H and O–H groups in total. The molecule has 0 spiro atoms. The number of benzene rings is 2. The first kappa shape index (κ1) is 20.7. The van der Waals surface area contributed by atoms with Crippen molar-refractivity contribution in [1.82, 2.24) is 0 Å². The molecular formula is C17H18ClN3O5S. The Balaban J connectivity index is 2.01. The van der Waals surface area contributed by atoms with Crippen LogP contribution in [0.5, 0.6) is 0 Å². The van der Waals surface area contributed by atoms with Crippen LogP contribution in [0.4, 0.5) is 17.1 Å². The molecule has 0 unspecified atom stereocenters. The van der Waals surface area contributed by atoms with E-state index in [1.165, 1.54) is 24.3 Å². The Kier molecular flexibility index (Phi) is 6.75. The molecule has 2 aromatic carbocycles. The van der Waals surface area contributed by atoms with E-state index in [4.69, 9.17) is 11.6 Å². The number of carbonyl (C=O) groups is 1. The van der Waals surface area contributed by atoms with Gasteiger partial charge >= 0.3 is 0 Å². The van der Waals surface area contributed by atoms with E-state index in [-0.39, 0.29) is 36.7 Å². The molecule has 27 heavy (non-hydrogen) atoms. The number of sulfonamides is 1. The normalized spacial score (nSPS) is 11.0. The fraction of sp³-hybridized carbons (Fsp3) is 0.235.